The van der Waals surface area contributed by atoms with Gasteiger partial charge in [-0.1, -0.05) is 13.8 Å². The summed E-state index contributed by atoms with van der Waals surface area (Å²) in [4.78, 5) is 0. The van der Waals surface area contributed by atoms with Gasteiger partial charge in [-0.25, -0.2) is 8.42 Å². The van der Waals surface area contributed by atoms with Gasteiger partial charge in [0.1, 0.15) is 0 Å². The molecule has 6 nitrogen and oxygen atoms in total. The van der Waals surface area contributed by atoms with E-state index in [1.807, 2.05) is 0 Å². The van der Waals surface area contributed by atoms with Gasteiger partial charge in [-0.15, -0.1) is 0 Å². The van der Waals surface area contributed by atoms with Crippen molar-refractivity contribution < 1.29 is 8.42 Å². The molecule has 20 heavy (non-hydrogen) atoms. The van der Waals surface area contributed by atoms with E-state index < -0.39 is 10.0 Å². The number of H-pyrrole nitrogens is 1. The van der Waals surface area contributed by atoms with Gasteiger partial charge in [0.2, 0.25) is 0 Å². The van der Waals surface area contributed by atoms with Crippen LogP contribution < -0.4 is 5.32 Å². The van der Waals surface area contributed by atoms with Crippen LogP contribution in [0, 0.1) is 5.41 Å². The van der Waals surface area contributed by atoms with Gasteiger partial charge in [0.25, 0.3) is 10.0 Å². The van der Waals surface area contributed by atoms with Crippen LogP contribution in [0.15, 0.2) is 11.2 Å². The highest BCUT2D eigenvalue weighted by atomic mass is 32.2. The molecule has 0 saturated carbocycles. The van der Waals surface area contributed by atoms with Crippen LogP contribution in [0.2, 0.25) is 0 Å². The maximum Gasteiger partial charge on any atom is 0.260 e. The number of hydrogen-bond donors (Lipinski definition) is 2. The number of nitrogens with one attached hydrogen (secondary N) is 2. The highest BCUT2D eigenvalue weighted by molar-refractivity contribution is 7.89. The van der Waals surface area contributed by atoms with Crippen molar-refractivity contribution in [3.05, 3.63) is 11.8 Å². The molecule has 0 aromatic carbocycles. The second kappa shape index (κ2) is 5.83. The van der Waals surface area contributed by atoms with Crippen molar-refractivity contribution in [3.63, 3.8) is 0 Å². The summed E-state index contributed by atoms with van der Waals surface area (Å²) in [5, 5.41) is 9.73. The van der Waals surface area contributed by atoms with E-state index in [4.69, 9.17) is 0 Å². The van der Waals surface area contributed by atoms with Crippen molar-refractivity contribution in [3.8, 4) is 0 Å². The molecular formula is C13H24N4O2S. The molecule has 1 fully saturated rings. The molecule has 114 valence electrons. The van der Waals surface area contributed by atoms with Crippen LogP contribution in [0.1, 0.15) is 38.7 Å². The maximum atomic E-state index is 12.7. The summed E-state index contributed by atoms with van der Waals surface area (Å²) < 4.78 is 27.1. The molecule has 7 heteroatoms. The zero-order valence-electron chi connectivity index (χ0n) is 12.4. The summed E-state index contributed by atoms with van der Waals surface area (Å²) >= 11 is 0. The lowest BCUT2D eigenvalue weighted by Crippen LogP contribution is -2.33. The van der Waals surface area contributed by atoms with Crippen molar-refractivity contribution in [2.75, 3.05) is 20.1 Å². The first-order valence-electron chi connectivity index (χ1n) is 7.04. The van der Waals surface area contributed by atoms with Crippen LogP contribution in [0.25, 0.3) is 0 Å². The van der Waals surface area contributed by atoms with Crippen molar-refractivity contribution in [1.29, 1.82) is 0 Å². The Morgan fingerprint density at radius 2 is 2.15 bits per heavy atom. The van der Waals surface area contributed by atoms with Crippen LogP contribution in [0.5, 0.6) is 0 Å². The third-order valence-corrected chi connectivity index (χ3v) is 5.86. The molecule has 1 aromatic rings. The molecule has 0 radical (unpaired) electrons. The first kappa shape index (κ1) is 15.5. The van der Waals surface area contributed by atoms with E-state index in [1.165, 1.54) is 0 Å². The van der Waals surface area contributed by atoms with E-state index in [-0.39, 0.29) is 10.4 Å². The number of nitrogens with zero attached hydrogens (tertiary/aromatic N) is 2. The van der Waals surface area contributed by atoms with Gasteiger partial charge in [-0.2, -0.15) is 9.40 Å². The van der Waals surface area contributed by atoms with Crippen molar-refractivity contribution in [2.45, 2.75) is 44.7 Å². The van der Waals surface area contributed by atoms with Gasteiger partial charge in [0, 0.05) is 25.2 Å². The first-order chi connectivity index (χ1) is 9.37. The standard InChI is InChI=1S/C13H24N4O2S/c1-13(2)5-4-7-17(8-6-13)20(18,19)12-11(9-14-3)10-15-16-12/h10,14H,4-9H2,1-3H3,(H,15,16). The minimum atomic E-state index is -3.47. The molecule has 0 bridgehead atoms. The molecule has 0 atom stereocenters. The minimum Gasteiger partial charge on any atom is -0.316 e. The quantitative estimate of drug-likeness (QED) is 0.879. The van der Waals surface area contributed by atoms with Crippen molar-refractivity contribution >= 4 is 10.0 Å². The largest absolute Gasteiger partial charge is 0.316 e. The molecule has 1 saturated heterocycles. The predicted octanol–water partition coefficient (Wildman–Crippen LogP) is 1.33. The average Bonchev–Trinajstić information content (AvgIpc) is 2.74. The van der Waals surface area contributed by atoms with E-state index >= 15 is 0 Å². The molecule has 1 aliphatic heterocycles. The van der Waals surface area contributed by atoms with Gasteiger partial charge in [-0.3, -0.25) is 5.10 Å². The summed E-state index contributed by atoms with van der Waals surface area (Å²) in [5.41, 5.74) is 0.905. The van der Waals surface area contributed by atoms with Crippen LogP contribution >= 0.6 is 0 Å². The molecule has 0 unspecified atom stereocenters. The number of rotatable bonds is 4. The van der Waals surface area contributed by atoms with Crippen molar-refractivity contribution in [2.24, 2.45) is 5.41 Å². The Morgan fingerprint density at radius 1 is 1.40 bits per heavy atom. The monoisotopic (exact) mass is 300 g/mol. The molecule has 2 N–H and O–H groups in total. The first-order valence-corrected chi connectivity index (χ1v) is 8.48. The predicted molar refractivity (Wildman–Crippen MR) is 77.7 cm³/mol. The van der Waals surface area contributed by atoms with Crippen LogP contribution in [-0.4, -0.2) is 43.1 Å². The average molecular weight is 300 g/mol. The van der Waals surface area contributed by atoms with E-state index in [0.717, 1.165) is 19.3 Å². The lowest BCUT2D eigenvalue weighted by molar-refractivity contribution is 0.314. The number of aromatic amines is 1. The maximum absolute atomic E-state index is 12.7. The lowest BCUT2D eigenvalue weighted by Gasteiger charge is -2.23. The lowest BCUT2D eigenvalue weighted by atomic mass is 9.85. The SMILES string of the molecule is CNCc1cn[nH]c1S(=O)(=O)N1CCCC(C)(C)CC1. The Hall–Kier alpha value is -0.920. The Labute approximate surface area is 121 Å². The summed E-state index contributed by atoms with van der Waals surface area (Å²) in [5.74, 6) is 0. The molecule has 1 aliphatic rings. The van der Waals surface area contributed by atoms with Crippen LogP contribution in [-0.2, 0) is 16.6 Å². The highest BCUT2D eigenvalue weighted by Gasteiger charge is 2.32. The fourth-order valence-electron chi connectivity index (χ4n) is 2.61. The van der Waals surface area contributed by atoms with Gasteiger partial charge in [0.05, 0.1) is 6.20 Å². The van der Waals surface area contributed by atoms with Gasteiger partial charge >= 0.3 is 0 Å². The fraction of sp³-hybridized carbons (Fsp3) is 0.769. The van der Waals surface area contributed by atoms with E-state index in [9.17, 15) is 8.42 Å². The second-order valence-corrected chi connectivity index (χ2v) is 8.05. The molecule has 0 spiro atoms. The fourth-order valence-corrected chi connectivity index (χ4v) is 4.19. The van der Waals surface area contributed by atoms with Crippen LogP contribution in [0.3, 0.4) is 0 Å². The highest BCUT2D eigenvalue weighted by Crippen LogP contribution is 2.31. The normalized spacial score (nSPS) is 20.8. The number of aromatic nitrogens is 2. The Morgan fingerprint density at radius 3 is 2.85 bits per heavy atom. The van der Waals surface area contributed by atoms with Gasteiger partial charge in [-0.05, 0) is 31.7 Å². The third-order valence-electron chi connectivity index (χ3n) is 3.94. The molecule has 0 amide bonds. The third kappa shape index (κ3) is 3.21. The number of hydrogen-bond acceptors (Lipinski definition) is 4. The summed E-state index contributed by atoms with van der Waals surface area (Å²) in [6, 6.07) is 0. The molecule has 2 heterocycles. The number of sulfonamides is 1. The smallest absolute Gasteiger partial charge is 0.260 e. The van der Waals surface area contributed by atoms with E-state index in [1.54, 1.807) is 17.5 Å². The summed E-state index contributed by atoms with van der Waals surface area (Å²) in [6.45, 7) is 6.05. The Bertz CT molecular complexity index is 550. The van der Waals surface area contributed by atoms with E-state index in [0.29, 0.717) is 25.2 Å². The minimum absolute atomic E-state index is 0.214. The summed E-state index contributed by atoms with van der Waals surface area (Å²) in [7, 11) is -1.68. The zero-order chi connectivity index (χ0) is 14.8. The Kier molecular flexibility index (Phi) is 4.51. The van der Waals surface area contributed by atoms with Gasteiger partial charge < -0.3 is 5.32 Å². The zero-order valence-corrected chi connectivity index (χ0v) is 13.3. The van der Waals surface area contributed by atoms with Gasteiger partial charge in [0.15, 0.2) is 5.03 Å². The molecule has 0 aliphatic carbocycles. The molecular weight excluding hydrogens is 276 g/mol. The second-order valence-electron chi connectivity index (χ2n) is 6.18. The van der Waals surface area contributed by atoms with Crippen LogP contribution in [0.4, 0.5) is 0 Å². The summed E-state index contributed by atoms with van der Waals surface area (Å²) in [6.07, 6.45) is 4.43. The molecule has 2 rings (SSSR count). The molecule has 1 aromatic heterocycles. The Balaban J connectivity index is 2.23. The topological polar surface area (TPSA) is 78.1 Å². The van der Waals surface area contributed by atoms with Crippen molar-refractivity contribution in [1.82, 2.24) is 19.8 Å². The van der Waals surface area contributed by atoms with E-state index in [2.05, 4.69) is 29.4 Å².